The van der Waals surface area contributed by atoms with Gasteiger partial charge >= 0.3 is 11.9 Å². The molecule has 10 rings (SSSR count). The van der Waals surface area contributed by atoms with Crippen LogP contribution >= 0.6 is 0 Å². The number of esters is 2. The van der Waals surface area contributed by atoms with Gasteiger partial charge in [0.1, 0.15) is 116 Å². The van der Waals surface area contributed by atoms with E-state index in [1.807, 2.05) is 0 Å². The van der Waals surface area contributed by atoms with Crippen molar-refractivity contribution in [2.45, 2.75) is 272 Å². The number of aliphatic hydroxyl groups is 17. The van der Waals surface area contributed by atoms with Gasteiger partial charge in [-0.05, 0) is 111 Å². The van der Waals surface area contributed by atoms with Gasteiger partial charge in [-0.3, -0.25) is 4.79 Å². The molecule has 0 aromatic carbocycles. The normalized spacial score (nSPS) is 52.2. The van der Waals surface area contributed by atoms with Gasteiger partial charge in [-0.2, -0.15) is 0 Å². The minimum absolute atomic E-state index is 0.0273. The lowest BCUT2D eigenvalue weighted by Gasteiger charge is -2.72. The van der Waals surface area contributed by atoms with E-state index in [4.69, 9.17) is 52.1 Å². The number of hydrogen-bond acceptors (Lipinski definition) is 31. The van der Waals surface area contributed by atoms with Gasteiger partial charge in [-0.25, -0.2) is 4.79 Å². The van der Waals surface area contributed by atoms with Crippen LogP contribution in [0, 0.1) is 50.2 Å². The predicted octanol–water partition coefficient (Wildman–Crippen LogP) is -5.04. The molecular formula is C63H102O31. The van der Waals surface area contributed by atoms with Gasteiger partial charge in [-0.15, -0.1) is 0 Å². The zero-order valence-corrected chi connectivity index (χ0v) is 54.3. The van der Waals surface area contributed by atoms with Gasteiger partial charge in [0.15, 0.2) is 37.6 Å². The van der Waals surface area contributed by atoms with E-state index in [2.05, 4.69) is 45.4 Å². The van der Waals surface area contributed by atoms with Crippen molar-refractivity contribution < 1.29 is 153 Å². The predicted molar refractivity (Wildman–Crippen MR) is 313 cm³/mol. The molecule has 3 unspecified atom stereocenters. The van der Waals surface area contributed by atoms with Crippen LogP contribution in [0.15, 0.2) is 11.6 Å². The largest absolute Gasteiger partial charge is 0.467 e. The fraction of sp³-hybridized carbons (Fsp3) is 0.937. The van der Waals surface area contributed by atoms with Crippen LogP contribution in [0.25, 0.3) is 0 Å². The average Bonchev–Trinajstić information content (AvgIpc) is 0.674. The molecule has 5 aliphatic carbocycles. The number of carbonyl (C=O) groups is 2. The second kappa shape index (κ2) is 28.2. The maximum absolute atomic E-state index is 14.3. The maximum Gasteiger partial charge on any atom is 0.337 e. The summed E-state index contributed by atoms with van der Waals surface area (Å²) in [7, 11) is 1.04. The Bertz CT molecular complexity index is 2640. The Balaban J connectivity index is 0.852. The Morgan fingerprint density at radius 2 is 1.19 bits per heavy atom. The van der Waals surface area contributed by atoms with Crippen LogP contribution < -0.4 is 0 Å². The Kier molecular flexibility index (Phi) is 22.3. The van der Waals surface area contributed by atoms with E-state index >= 15 is 0 Å². The van der Waals surface area contributed by atoms with Crippen molar-refractivity contribution in [1.82, 2.24) is 0 Å². The van der Waals surface area contributed by atoms with Gasteiger partial charge < -0.3 is 144 Å². The standard InChI is InChI=1S/C63H102O31/c1-25-36(69)40(73)46(79)53(87-25)94-50-43(76)38(71)30(20-65)89-56(50)90-31-23-85-55(49(39(31)72)93-54-47(80)41(74)37(70)29(19-64)88-54)91-35-12-13-60(5)32(58(35,2)3)11-14-61(6)33(60)10-9-27-28-17-59(4,15-16-63(28,24-66)34(68)18-62(27,61)7)57(82)86-22-26(67)21-84-52-45(78)42(75)44(77)48(92-52)51(81)83-8/h9,25-26,28-50,52-56,64-80H,10-24H2,1-8H3/t25-,26?,28-,29+,30+,31-,32?,33?,34+,35-,36-,37+,38+,39-,40+,41-,42-,43-,44-,45+,46+,47+,48-,49+,50+,52-,53-,54-,55-,56-,59-,60-,61+,62+,63+/m0/s1. The number of hydrogen-bond donors (Lipinski definition) is 17. The Morgan fingerprint density at radius 3 is 1.83 bits per heavy atom. The molecule has 5 heterocycles. The highest BCUT2D eigenvalue weighted by Gasteiger charge is 2.71. The summed E-state index contributed by atoms with van der Waals surface area (Å²) < 4.78 is 70.3. The van der Waals surface area contributed by atoms with Gasteiger partial charge in [0.2, 0.25) is 0 Å². The lowest BCUT2D eigenvalue weighted by molar-refractivity contribution is -0.394. The summed E-state index contributed by atoms with van der Waals surface area (Å²) in [4.78, 5) is 26.5. The summed E-state index contributed by atoms with van der Waals surface area (Å²) >= 11 is 0. The van der Waals surface area contributed by atoms with Crippen molar-refractivity contribution in [3.8, 4) is 0 Å². The molecular weight excluding hydrogens is 1250 g/mol. The maximum atomic E-state index is 14.3. The first-order valence-corrected chi connectivity index (χ1v) is 32.9. The molecule has 5 aliphatic heterocycles. The third-order valence-corrected chi connectivity index (χ3v) is 24.3. The smallest absolute Gasteiger partial charge is 0.337 e. The van der Waals surface area contributed by atoms with Crippen molar-refractivity contribution in [2.24, 2.45) is 50.2 Å². The zero-order chi connectivity index (χ0) is 68.9. The summed E-state index contributed by atoms with van der Waals surface area (Å²) in [6, 6.07) is 0. The van der Waals surface area contributed by atoms with E-state index < -0.39 is 244 Å². The van der Waals surface area contributed by atoms with E-state index in [1.165, 1.54) is 6.92 Å². The third kappa shape index (κ3) is 12.8. The molecule has 4 saturated carbocycles. The van der Waals surface area contributed by atoms with Gasteiger partial charge in [0.25, 0.3) is 0 Å². The minimum Gasteiger partial charge on any atom is -0.467 e. The van der Waals surface area contributed by atoms with E-state index in [0.29, 0.717) is 38.5 Å². The number of ether oxygens (including phenoxy) is 12. The topological polar surface area (TPSA) is 489 Å². The molecule has 9 fully saturated rings. The van der Waals surface area contributed by atoms with E-state index in [-0.39, 0.29) is 43.1 Å². The van der Waals surface area contributed by atoms with Crippen LogP contribution in [-0.4, -0.2) is 311 Å². The van der Waals surface area contributed by atoms with Gasteiger partial charge in [0, 0.05) is 5.41 Å². The fourth-order valence-electron chi connectivity index (χ4n) is 18.3. The highest BCUT2D eigenvalue weighted by Crippen LogP contribution is 2.76. The Morgan fingerprint density at radius 1 is 0.596 bits per heavy atom. The van der Waals surface area contributed by atoms with E-state index in [1.54, 1.807) is 6.92 Å². The van der Waals surface area contributed by atoms with Crippen LogP contribution in [0.4, 0.5) is 0 Å². The monoisotopic (exact) mass is 1350 g/mol. The summed E-state index contributed by atoms with van der Waals surface area (Å²) in [5.74, 6) is -2.11. The number of allylic oxidation sites excluding steroid dienone is 2. The molecule has 10 aliphatic rings. The van der Waals surface area contributed by atoms with E-state index in [0.717, 1.165) is 12.7 Å². The van der Waals surface area contributed by atoms with Crippen molar-refractivity contribution >= 4 is 11.9 Å². The van der Waals surface area contributed by atoms with Crippen molar-refractivity contribution in [3.05, 3.63) is 11.6 Å². The highest BCUT2D eigenvalue weighted by molar-refractivity contribution is 5.77. The van der Waals surface area contributed by atoms with Gasteiger partial charge in [0.05, 0.1) is 63.9 Å². The first-order chi connectivity index (χ1) is 44.1. The highest BCUT2D eigenvalue weighted by atomic mass is 16.8. The first-order valence-electron chi connectivity index (χ1n) is 32.9. The second-order valence-electron chi connectivity index (χ2n) is 29.9. The number of fused-ring (bicyclic) bond motifs is 7. The summed E-state index contributed by atoms with van der Waals surface area (Å²) in [6.07, 6.45) is -37.6. The molecule has 0 aromatic rings. The molecule has 540 valence electrons. The van der Waals surface area contributed by atoms with Crippen molar-refractivity contribution in [1.29, 1.82) is 0 Å². The summed E-state index contributed by atoms with van der Waals surface area (Å²) in [5, 5.41) is 186. The van der Waals surface area contributed by atoms with E-state index in [9.17, 15) is 96.4 Å². The fourth-order valence-corrected chi connectivity index (χ4v) is 18.3. The SMILES string of the molecule is COC(=O)[C@H]1O[C@H](OCC(O)COC(=O)[C@@]2(C)CC[C@]3(CO)[C@H](O)C[C@]4(C)C(=CCC5[C@@]6(C)CC[C@H](O[C@@H]7OC[C@H](O[C@@H]8O[C@H](CO)[C@@H](O)[C@H](O)[C@H]8O[C@@H]8O[C@@H](C)[C@H](O)[C@@H](O)[C@H]8O)[C@H](O)[C@H]7O[C@@H]7O[C@H](CO)[C@@H](O)[C@H](O)[C@H]7O)C(C)(C)C6CC[C@]54C)[C@@H]3C2)[C@H](O)[C@@H](O)[C@@H]1O. The minimum atomic E-state index is -1.95. The third-order valence-electron chi connectivity index (χ3n) is 24.3. The number of rotatable bonds is 18. The molecule has 17 N–H and O–H groups in total. The lowest BCUT2D eigenvalue weighted by Crippen LogP contribution is -2.68. The molecule has 35 atom stereocenters. The first kappa shape index (κ1) is 74.3. The lowest BCUT2D eigenvalue weighted by atomic mass is 9.33. The molecule has 0 radical (unpaired) electrons. The van der Waals surface area contributed by atoms with Crippen LogP contribution in [0.5, 0.6) is 0 Å². The summed E-state index contributed by atoms with van der Waals surface area (Å²) in [6.45, 7) is 10.5. The summed E-state index contributed by atoms with van der Waals surface area (Å²) in [5.41, 5.74) is -3.16. The number of methoxy groups -OCH3 is 1. The van der Waals surface area contributed by atoms with Crippen LogP contribution in [-0.2, 0) is 66.4 Å². The average molecular weight is 1360 g/mol. The Hall–Kier alpha value is -2.40. The molecule has 0 amide bonds. The molecule has 31 heteroatoms. The van der Waals surface area contributed by atoms with Crippen molar-refractivity contribution in [3.63, 3.8) is 0 Å². The van der Waals surface area contributed by atoms with Crippen LogP contribution in [0.2, 0.25) is 0 Å². The number of aliphatic hydroxyl groups excluding tert-OH is 17. The zero-order valence-electron chi connectivity index (χ0n) is 54.3. The molecule has 94 heavy (non-hydrogen) atoms. The second-order valence-corrected chi connectivity index (χ2v) is 29.9. The quantitative estimate of drug-likeness (QED) is 0.0347. The number of carbonyl (C=O) groups excluding carboxylic acids is 2. The molecule has 0 bridgehead atoms. The Labute approximate surface area is 544 Å². The molecule has 31 nitrogen and oxygen atoms in total. The molecule has 5 saturated heterocycles. The van der Waals surface area contributed by atoms with Gasteiger partial charge in [-0.1, -0.05) is 46.3 Å². The molecule has 0 spiro atoms. The molecule has 0 aromatic heterocycles. The van der Waals surface area contributed by atoms with Crippen LogP contribution in [0.1, 0.15) is 106 Å². The van der Waals surface area contributed by atoms with Crippen molar-refractivity contribution in [2.75, 3.05) is 46.8 Å². The van der Waals surface area contributed by atoms with Crippen LogP contribution in [0.3, 0.4) is 0 Å².